The van der Waals surface area contributed by atoms with Gasteiger partial charge in [-0.1, -0.05) is 0 Å². The summed E-state index contributed by atoms with van der Waals surface area (Å²) >= 11 is 0. The minimum absolute atomic E-state index is 0.292. The van der Waals surface area contributed by atoms with Gasteiger partial charge in [-0.2, -0.15) is 0 Å². The number of halogens is 3. The van der Waals surface area contributed by atoms with Gasteiger partial charge in [0.1, 0.15) is 17.8 Å². The van der Waals surface area contributed by atoms with E-state index in [9.17, 15) is 13.2 Å². The molecule has 5 nitrogen and oxygen atoms in total. The van der Waals surface area contributed by atoms with Crippen molar-refractivity contribution in [1.29, 1.82) is 0 Å². The molecule has 0 unspecified atom stereocenters. The van der Waals surface area contributed by atoms with Crippen molar-refractivity contribution < 1.29 is 13.2 Å². The van der Waals surface area contributed by atoms with E-state index in [-0.39, 0.29) is 5.82 Å². The Hall–Kier alpha value is -2.61. The molecule has 0 spiro atoms. The Morgan fingerprint density at radius 3 is 2.69 bits per heavy atom. The maximum absolute atomic E-state index is 13.8. The number of hydrogen-bond donors (Lipinski definition) is 1. The molecule has 1 aromatic carbocycles. The standard InChI is InChI=1S/C18H18F3N5/c19-11-2-4-16-17(7-11)26(9-13-3-1-12(20)8-23-13)18(24-16)25-6-5-14(21)15(22)10-25/h1-4,7-8,14-15H,5-6,9-10,22H2/t14-,15-/m1/s1. The lowest BCUT2D eigenvalue weighted by Crippen LogP contribution is -2.50. The summed E-state index contributed by atoms with van der Waals surface area (Å²) in [7, 11) is 0. The van der Waals surface area contributed by atoms with E-state index in [1.165, 1.54) is 18.2 Å². The van der Waals surface area contributed by atoms with Gasteiger partial charge in [-0.3, -0.25) is 4.98 Å². The van der Waals surface area contributed by atoms with Crippen LogP contribution >= 0.6 is 0 Å². The molecule has 0 saturated carbocycles. The number of piperidine rings is 1. The molecule has 0 bridgehead atoms. The zero-order valence-electron chi connectivity index (χ0n) is 13.9. The van der Waals surface area contributed by atoms with Crippen molar-refractivity contribution in [3.63, 3.8) is 0 Å². The average molecular weight is 361 g/mol. The molecule has 3 aromatic rings. The normalized spacial score (nSPS) is 20.7. The predicted molar refractivity (Wildman–Crippen MR) is 92.7 cm³/mol. The first kappa shape index (κ1) is 16.8. The highest BCUT2D eigenvalue weighted by Gasteiger charge is 2.29. The molecule has 26 heavy (non-hydrogen) atoms. The Morgan fingerprint density at radius 1 is 1.15 bits per heavy atom. The summed E-state index contributed by atoms with van der Waals surface area (Å²) in [5.41, 5.74) is 7.71. The number of fused-ring (bicyclic) bond motifs is 1. The number of nitrogens with two attached hydrogens (primary N) is 1. The maximum atomic E-state index is 13.8. The Kier molecular flexibility index (Phi) is 4.28. The highest BCUT2D eigenvalue weighted by molar-refractivity contribution is 5.79. The second-order valence-electron chi connectivity index (χ2n) is 6.51. The molecule has 1 saturated heterocycles. The quantitative estimate of drug-likeness (QED) is 0.779. The van der Waals surface area contributed by atoms with Crippen LogP contribution in [0.2, 0.25) is 0 Å². The molecular weight excluding hydrogens is 343 g/mol. The van der Waals surface area contributed by atoms with Crippen molar-refractivity contribution in [2.75, 3.05) is 18.0 Å². The molecule has 3 heterocycles. The predicted octanol–water partition coefficient (Wildman–Crippen LogP) is 2.63. The van der Waals surface area contributed by atoms with Crippen LogP contribution in [-0.4, -0.2) is 39.8 Å². The van der Waals surface area contributed by atoms with Crippen LogP contribution in [0.3, 0.4) is 0 Å². The number of pyridine rings is 1. The van der Waals surface area contributed by atoms with Crippen LogP contribution in [0, 0.1) is 11.6 Å². The van der Waals surface area contributed by atoms with Gasteiger partial charge in [0.25, 0.3) is 0 Å². The van der Waals surface area contributed by atoms with E-state index in [0.717, 1.165) is 6.20 Å². The van der Waals surface area contributed by atoms with Crippen LogP contribution in [0.1, 0.15) is 12.1 Å². The number of benzene rings is 1. The molecule has 8 heteroatoms. The average Bonchev–Trinajstić information content (AvgIpc) is 2.97. The molecule has 0 amide bonds. The highest BCUT2D eigenvalue weighted by Crippen LogP contribution is 2.27. The van der Waals surface area contributed by atoms with Gasteiger partial charge in [-0.15, -0.1) is 0 Å². The molecular formula is C18H18F3N5. The van der Waals surface area contributed by atoms with Gasteiger partial charge in [0.2, 0.25) is 5.95 Å². The van der Waals surface area contributed by atoms with Crippen molar-refractivity contribution in [2.45, 2.75) is 25.2 Å². The third-order valence-corrected chi connectivity index (χ3v) is 4.65. The first-order chi connectivity index (χ1) is 12.5. The molecule has 2 N–H and O–H groups in total. The summed E-state index contributed by atoms with van der Waals surface area (Å²) in [6.45, 7) is 1.09. The van der Waals surface area contributed by atoms with Crippen LogP contribution in [0.15, 0.2) is 36.5 Å². The minimum atomic E-state index is -1.04. The van der Waals surface area contributed by atoms with Gasteiger partial charge >= 0.3 is 0 Å². The minimum Gasteiger partial charge on any atom is -0.340 e. The maximum Gasteiger partial charge on any atom is 0.206 e. The Bertz CT molecular complexity index is 924. The zero-order chi connectivity index (χ0) is 18.3. The fourth-order valence-corrected chi connectivity index (χ4v) is 3.28. The van der Waals surface area contributed by atoms with Crippen molar-refractivity contribution in [1.82, 2.24) is 14.5 Å². The van der Waals surface area contributed by atoms with Crippen LogP contribution in [0.5, 0.6) is 0 Å². The summed E-state index contributed by atoms with van der Waals surface area (Å²) in [5, 5.41) is 0. The van der Waals surface area contributed by atoms with E-state index in [0.29, 0.717) is 48.7 Å². The smallest absolute Gasteiger partial charge is 0.206 e. The van der Waals surface area contributed by atoms with Crippen molar-refractivity contribution in [3.8, 4) is 0 Å². The number of hydrogen-bond acceptors (Lipinski definition) is 4. The number of imidazole rings is 1. The Labute approximate surface area is 148 Å². The van der Waals surface area contributed by atoms with E-state index in [1.807, 2.05) is 9.47 Å². The van der Waals surface area contributed by atoms with Gasteiger partial charge in [0.05, 0.1) is 35.5 Å². The highest BCUT2D eigenvalue weighted by atomic mass is 19.1. The fourth-order valence-electron chi connectivity index (χ4n) is 3.28. The van der Waals surface area contributed by atoms with E-state index < -0.39 is 18.0 Å². The lowest BCUT2D eigenvalue weighted by molar-refractivity contribution is 0.243. The molecule has 4 rings (SSSR count). The molecule has 2 aromatic heterocycles. The monoisotopic (exact) mass is 361 g/mol. The third kappa shape index (κ3) is 3.12. The first-order valence-corrected chi connectivity index (χ1v) is 8.42. The number of aromatic nitrogens is 3. The summed E-state index contributed by atoms with van der Waals surface area (Å²) < 4.78 is 42.5. The molecule has 0 aliphatic carbocycles. The van der Waals surface area contributed by atoms with Gasteiger partial charge in [-0.05, 0) is 36.8 Å². The lowest BCUT2D eigenvalue weighted by Gasteiger charge is -2.34. The summed E-state index contributed by atoms with van der Waals surface area (Å²) in [4.78, 5) is 10.6. The number of alkyl halides is 1. The van der Waals surface area contributed by atoms with Crippen molar-refractivity contribution in [2.24, 2.45) is 5.73 Å². The molecule has 1 aliphatic rings. The molecule has 1 fully saturated rings. The van der Waals surface area contributed by atoms with Crippen molar-refractivity contribution >= 4 is 17.0 Å². The topological polar surface area (TPSA) is 60.0 Å². The summed E-state index contributed by atoms with van der Waals surface area (Å²) in [6, 6.07) is 6.65. The van der Waals surface area contributed by atoms with Gasteiger partial charge < -0.3 is 15.2 Å². The molecule has 0 radical (unpaired) electrons. The Balaban J connectivity index is 1.77. The second kappa shape index (κ2) is 6.60. The lowest BCUT2D eigenvalue weighted by atomic mass is 10.1. The van der Waals surface area contributed by atoms with Crippen LogP contribution < -0.4 is 10.6 Å². The van der Waals surface area contributed by atoms with E-state index in [2.05, 4.69) is 9.97 Å². The SMILES string of the molecule is N[C@@H]1CN(c2nc3ccc(F)cc3n2Cc2ccc(F)cn2)CC[C@H]1F. The van der Waals surface area contributed by atoms with Crippen LogP contribution in [0.25, 0.3) is 11.0 Å². The van der Waals surface area contributed by atoms with Gasteiger partial charge in [0, 0.05) is 13.1 Å². The molecule has 136 valence electrons. The van der Waals surface area contributed by atoms with Gasteiger partial charge in [-0.25, -0.2) is 18.2 Å². The number of anilines is 1. The third-order valence-electron chi connectivity index (χ3n) is 4.65. The largest absolute Gasteiger partial charge is 0.340 e. The summed E-state index contributed by atoms with van der Waals surface area (Å²) in [5.74, 6) is -0.220. The number of nitrogens with zero attached hydrogens (tertiary/aromatic N) is 4. The van der Waals surface area contributed by atoms with E-state index >= 15 is 0 Å². The fraction of sp³-hybridized carbons (Fsp3) is 0.333. The van der Waals surface area contributed by atoms with Crippen LogP contribution in [-0.2, 0) is 6.54 Å². The van der Waals surface area contributed by atoms with Gasteiger partial charge in [0.15, 0.2) is 0 Å². The van der Waals surface area contributed by atoms with E-state index in [1.54, 1.807) is 12.1 Å². The second-order valence-corrected chi connectivity index (χ2v) is 6.51. The molecule has 1 aliphatic heterocycles. The first-order valence-electron chi connectivity index (χ1n) is 8.42. The van der Waals surface area contributed by atoms with Crippen molar-refractivity contribution in [3.05, 3.63) is 53.9 Å². The molecule has 2 atom stereocenters. The Morgan fingerprint density at radius 2 is 1.96 bits per heavy atom. The van der Waals surface area contributed by atoms with E-state index in [4.69, 9.17) is 5.73 Å². The van der Waals surface area contributed by atoms with Crippen LogP contribution in [0.4, 0.5) is 19.1 Å². The summed E-state index contributed by atoms with van der Waals surface area (Å²) in [6.07, 6.45) is 0.410. The zero-order valence-corrected chi connectivity index (χ0v) is 13.9. The number of rotatable bonds is 3.